The molecule has 1 unspecified atom stereocenters. The summed E-state index contributed by atoms with van der Waals surface area (Å²) in [7, 11) is 0. The molecule has 1 atom stereocenters. The van der Waals surface area contributed by atoms with Gasteiger partial charge in [-0.2, -0.15) is 0 Å². The summed E-state index contributed by atoms with van der Waals surface area (Å²) in [4.78, 5) is 0. The lowest BCUT2D eigenvalue weighted by atomic mass is 9.95. The van der Waals surface area contributed by atoms with Gasteiger partial charge < -0.3 is 0 Å². The Morgan fingerprint density at radius 3 is 1.11 bits per heavy atom. The molecule has 0 heteroatoms. The van der Waals surface area contributed by atoms with Crippen LogP contribution in [-0.2, 0) is 51.4 Å². The Morgan fingerprint density at radius 2 is 0.631 bits per heavy atom. The third kappa shape index (κ3) is 10.5. The van der Waals surface area contributed by atoms with E-state index in [1.165, 1.54) is 141 Å². The first kappa shape index (κ1) is 49.5. The lowest BCUT2D eigenvalue weighted by Crippen LogP contribution is -1.94. The molecule has 342 valence electrons. The van der Waals surface area contributed by atoms with Crippen molar-refractivity contribution in [2.45, 2.75) is 176 Å². The molecule has 0 aromatic heterocycles. The van der Waals surface area contributed by atoms with Crippen molar-refractivity contribution in [3.05, 3.63) is 205 Å². The molecule has 0 amide bonds. The minimum atomic E-state index is 0.856. The Labute approximate surface area is 397 Å². The minimum absolute atomic E-state index is 0.856. The van der Waals surface area contributed by atoms with Crippen LogP contribution in [0, 0.1) is 110 Å². The van der Waals surface area contributed by atoms with E-state index in [1.54, 1.807) is 33.4 Å². The summed E-state index contributed by atoms with van der Waals surface area (Å²) in [5.74, 6) is 0.856. The number of benzene rings is 5. The second-order valence-corrected chi connectivity index (χ2v) is 21.4. The molecule has 10 rings (SSSR count). The van der Waals surface area contributed by atoms with Crippen molar-refractivity contribution in [2.75, 3.05) is 0 Å². The Kier molecular flexibility index (Phi) is 15.1. The average Bonchev–Trinajstić information content (AvgIpc) is 4.08. The monoisotopic (exact) mass is 863 g/mol. The number of aryl methyl sites for hydroxylation is 10. The molecule has 0 heterocycles. The molecule has 5 aliphatic rings. The molecule has 5 aliphatic carbocycles. The molecule has 5 aromatic carbocycles. The highest BCUT2D eigenvalue weighted by atomic mass is 14.3. The van der Waals surface area contributed by atoms with Crippen LogP contribution in [-0.4, -0.2) is 0 Å². The van der Waals surface area contributed by atoms with Crippen molar-refractivity contribution < 1.29 is 0 Å². The number of allylic oxidation sites excluding steroid dienone is 4. The van der Waals surface area contributed by atoms with Crippen molar-refractivity contribution in [1.29, 1.82) is 0 Å². The van der Waals surface area contributed by atoms with Crippen molar-refractivity contribution >= 4 is 12.2 Å². The first-order valence-electron chi connectivity index (χ1n) is 24.6. The normalized spacial score (nSPS) is 15.8. The molecule has 65 heavy (non-hydrogen) atoms. The number of rotatable bonds is 0. The Balaban J connectivity index is 0.000000135. The first-order valence-corrected chi connectivity index (χ1v) is 24.6. The highest BCUT2D eigenvalue weighted by molar-refractivity contribution is 5.70. The van der Waals surface area contributed by atoms with E-state index < -0.39 is 0 Å². The fraction of sp³-hybridized carbons (Fsp3) is 0.415. The summed E-state index contributed by atoms with van der Waals surface area (Å²) in [6, 6.07) is 11.5. The standard InChI is InChI=1S/C13H18.4C13H16/c5*1-8-5-12-10(3)7-9(2)11(4)13(12)6-8/h7-8H,5-6H2,1-4H3;6-7H,5H2,1-4H3;5,7H,6H2,1-4H3;2*7H,1,5-6H2,2-4H3. The van der Waals surface area contributed by atoms with Gasteiger partial charge in [0, 0.05) is 0 Å². The smallest absolute Gasteiger partial charge is 0.00578 e. The van der Waals surface area contributed by atoms with Gasteiger partial charge in [0.2, 0.25) is 0 Å². The van der Waals surface area contributed by atoms with E-state index in [2.05, 4.69) is 180 Å². The van der Waals surface area contributed by atoms with Gasteiger partial charge in [0.25, 0.3) is 0 Å². The molecule has 0 N–H and O–H groups in total. The maximum absolute atomic E-state index is 4.08. The number of hydrogen-bond donors (Lipinski definition) is 0. The molecule has 5 aromatic rings. The third-order valence-electron chi connectivity index (χ3n) is 15.9. The summed E-state index contributed by atoms with van der Waals surface area (Å²) in [5.41, 5.74) is 43.0. The van der Waals surface area contributed by atoms with Crippen LogP contribution in [0.1, 0.15) is 160 Å². The second-order valence-electron chi connectivity index (χ2n) is 21.4. The van der Waals surface area contributed by atoms with Gasteiger partial charge in [-0.25, -0.2) is 0 Å². The zero-order valence-electron chi connectivity index (χ0n) is 44.2. The molecular weight excluding hydrogens is 781 g/mol. The molecule has 0 spiro atoms. The van der Waals surface area contributed by atoms with Gasteiger partial charge in [0.1, 0.15) is 0 Å². The Bertz CT molecular complexity index is 2690. The van der Waals surface area contributed by atoms with Crippen molar-refractivity contribution in [3.63, 3.8) is 0 Å². The van der Waals surface area contributed by atoms with E-state index in [4.69, 9.17) is 0 Å². The highest BCUT2D eigenvalue weighted by Gasteiger charge is 2.23. The molecule has 0 saturated heterocycles. The second kappa shape index (κ2) is 19.9. The van der Waals surface area contributed by atoms with Crippen LogP contribution < -0.4 is 0 Å². The SMILES string of the molecule is C=C1Cc2c(C)cc(C)c(C)c2C1.C=C1Cc2c(C)cc(C)c(C)c2C1.CC1=Cc2c(C)c(C)cc(C)c2C1.CC1=Cc2c(C)cc(C)c(C)c2C1.Cc1cc(C)c2c(c1C)CC(C)C2. The lowest BCUT2D eigenvalue weighted by molar-refractivity contribution is 0.626. The van der Waals surface area contributed by atoms with Crippen LogP contribution in [0.5, 0.6) is 0 Å². The average molecular weight is 863 g/mol. The van der Waals surface area contributed by atoms with Crippen molar-refractivity contribution in [2.24, 2.45) is 5.92 Å². The Morgan fingerprint density at radius 1 is 0.308 bits per heavy atom. The van der Waals surface area contributed by atoms with E-state index in [0.717, 1.165) is 44.4 Å². The largest absolute Gasteiger partial charge is 0.0992 e. The highest BCUT2D eigenvalue weighted by Crippen LogP contribution is 2.36. The van der Waals surface area contributed by atoms with Crippen LogP contribution in [0.2, 0.25) is 0 Å². The van der Waals surface area contributed by atoms with Gasteiger partial charge in [0.05, 0.1) is 0 Å². The molecule has 0 fully saturated rings. The van der Waals surface area contributed by atoms with E-state index in [1.807, 2.05) is 0 Å². The lowest BCUT2D eigenvalue weighted by Gasteiger charge is -2.10. The van der Waals surface area contributed by atoms with E-state index in [-0.39, 0.29) is 0 Å². The van der Waals surface area contributed by atoms with Gasteiger partial charge in [0.15, 0.2) is 0 Å². The van der Waals surface area contributed by atoms with Crippen molar-refractivity contribution in [3.8, 4) is 0 Å². The minimum Gasteiger partial charge on any atom is -0.0992 e. The summed E-state index contributed by atoms with van der Waals surface area (Å²) >= 11 is 0. The Hall–Kier alpha value is -4.94. The van der Waals surface area contributed by atoms with Crippen LogP contribution in [0.3, 0.4) is 0 Å². The zero-order valence-corrected chi connectivity index (χ0v) is 44.2. The molecule has 0 aliphatic heterocycles. The molecule has 0 bridgehead atoms. The summed E-state index contributed by atoms with van der Waals surface area (Å²) in [5, 5.41) is 0. The summed E-state index contributed by atoms with van der Waals surface area (Å²) in [6.07, 6.45) is 14.0. The van der Waals surface area contributed by atoms with Crippen LogP contribution >= 0.6 is 0 Å². The van der Waals surface area contributed by atoms with Gasteiger partial charge >= 0.3 is 0 Å². The fourth-order valence-electron chi connectivity index (χ4n) is 11.5. The van der Waals surface area contributed by atoms with Crippen LogP contribution in [0.4, 0.5) is 0 Å². The molecule has 0 radical (unpaired) electrons. The van der Waals surface area contributed by atoms with Gasteiger partial charge in [-0.05, 0) is 314 Å². The predicted molar refractivity (Wildman–Crippen MR) is 288 cm³/mol. The van der Waals surface area contributed by atoms with Crippen LogP contribution in [0.25, 0.3) is 12.2 Å². The van der Waals surface area contributed by atoms with Gasteiger partial charge in [-0.3, -0.25) is 0 Å². The van der Waals surface area contributed by atoms with E-state index >= 15 is 0 Å². The maximum Gasteiger partial charge on any atom is -0.00578 e. The fourth-order valence-corrected chi connectivity index (χ4v) is 11.5. The predicted octanol–water partition coefficient (Wildman–Crippen LogP) is 17.0. The zero-order chi connectivity index (χ0) is 47.9. The van der Waals surface area contributed by atoms with Crippen LogP contribution in [0.15, 0.2) is 65.8 Å². The number of fused-ring (bicyclic) bond motifs is 5. The summed E-state index contributed by atoms with van der Waals surface area (Å²) in [6.45, 7) is 48.3. The van der Waals surface area contributed by atoms with Crippen molar-refractivity contribution in [1.82, 2.24) is 0 Å². The van der Waals surface area contributed by atoms with Gasteiger partial charge in [-0.1, -0.05) is 84.9 Å². The summed E-state index contributed by atoms with van der Waals surface area (Å²) < 4.78 is 0. The number of hydrogen-bond acceptors (Lipinski definition) is 0. The van der Waals surface area contributed by atoms with Gasteiger partial charge in [-0.15, -0.1) is 0 Å². The first-order chi connectivity index (χ1) is 30.5. The quantitative estimate of drug-likeness (QED) is 0.136. The third-order valence-corrected chi connectivity index (χ3v) is 15.9. The maximum atomic E-state index is 4.08. The molecular formula is C65H82. The van der Waals surface area contributed by atoms with E-state index in [0.29, 0.717) is 0 Å². The molecule has 0 nitrogen and oxygen atoms in total. The topological polar surface area (TPSA) is 0 Å². The van der Waals surface area contributed by atoms with E-state index in [9.17, 15) is 0 Å². The molecule has 0 saturated carbocycles.